The fourth-order valence-electron chi connectivity index (χ4n) is 3.90. The van der Waals surface area contributed by atoms with Gasteiger partial charge in [-0.1, -0.05) is 61.5 Å². The first-order valence-corrected chi connectivity index (χ1v) is 10.4. The summed E-state index contributed by atoms with van der Waals surface area (Å²) in [5.41, 5.74) is 3.94. The zero-order valence-corrected chi connectivity index (χ0v) is 17.0. The smallest absolute Gasteiger partial charge is 0.336 e. The zero-order chi connectivity index (χ0) is 20.1. The summed E-state index contributed by atoms with van der Waals surface area (Å²) in [6, 6.07) is 18.3. The maximum absolute atomic E-state index is 12.0. The van der Waals surface area contributed by atoms with Crippen LogP contribution in [0.3, 0.4) is 0 Å². The molecule has 150 valence electrons. The molecule has 1 aromatic heterocycles. The van der Waals surface area contributed by atoms with Crippen LogP contribution in [0.25, 0.3) is 17.0 Å². The van der Waals surface area contributed by atoms with Gasteiger partial charge in [0.2, 0.25) is 0 Å². The van der Waals surface area contributed by atoms with E-state index in [2.05, 4.69) is 65.3 Å². The van der Waals surface area contributed by atoms with E-state index >= 15 is 0 Å². The number of rotatable bonds is 6. The molecule has 1 fully saturated rings. The number of nitrogens with zero attached hydrogens (tertiary/aromatic N) is 2. The van der Waals surface area contributed by atoms with Gasteiger partial charge in [-0.2, -0.15) is 0 Å². The van der Waals surface area contributed by atoms with Crippen LogP contribution in [0.15, 0.2) is 69.9 Å². The lowest BCUT2D eigenvalue weighted by Gasteiger charge is -2.34. The van der Waals surface area contributed by atoms with Crippen molar-refractivity contribution >= 4 is 17.0 Å². The molecule has 2 aromatic carbocycles. The molecule has 0 N–H and O–H groups in total. The molecule has 4 heteroatoms. The second-order valence-electron chi connectivity index (χ2n) is 7.66. The van der Waals surface area contributed by atoms with E-state index in [0.717, 1.165) is 56.6 Å². The van der Waals surface area contributed by atoms with Gasteiger partial charge < -0.3 is 4.42 Å². The number of hydrogen-bond donors (Lipinski definition) is 0. The molecule has 0 atom stereocenters. The van der Waals surface area contributed by atoms with Gasteiger partial charge >= 0.3 is 5.63 Å². The minimum absolute atomic E-state index is 0.259. The van der Waals surface area contributed by atoms with Crippen molar-refractivity contribution in [3.8, 4) is 0 Å². The van der Waals surface area contributed by atoms with Crippen LogP contribution in [0.2, 0.25) is 0 Å². The number of hydrogen-bond acceptors (Lipinski definition) is 4. The Morgan fingerprint density at radius 3 is 2.48 bits per heavy atom. The molecule has 0 spiro atoms. The molecule has 4 rings (SSSR count). The van der Waals surface area contributed by atoms with Crippen LogP contribution in [0.5, 0.6) is 0 Å². The van der Waals surface area contributed by atoms with E-state index in [9.17, 15) is 4.79 Å². The van der Waals surface area contributed by atoms with Crippen LogP contribution < -0.4 is 5.63 Å². The van der Waals surface area contributed by atoms with Crippen LogP contribution in [0.4, 0.5) is 0 Å². The quantitative estimate of drug-likeness (QED) is 0.594. The molecular weight excluding hydrogens is 360 g/mol. The number of fused-ring (bicyclic) bond motifs is 1. The van der Waals surface area contributed by atoms with Gasteiger partial charge in [0, 0.05) is 50.7 Å². The van der Waals surface area contributed by atoms with Gasteiger partial charge in [0.25, 0.3) is 0 Å². The van der Waals surface area contributed by atoms with Gasteiger partial charge in [-0.3, -0.25) is 9.80 Å². The molecule has 0 saturated carbocycles. The summed E-state index contributed by atoms with van der Waals surface area (Å²) in [7, 11) is 0. The average Bonchev–Trinajstić information content (AvgIpc) is 2.75. The lowest BCUT2D eigenvalue weighted by atomic mass is 10.1. The second kappa shape index (κ2) is 9.21. The van der Waals surface area contributed by atoms with Crippen molar-refractivity contribution in [1.29, 1.82) is 0 Å². The fourth-order valence-corrected chi connectivity index (χ4v) is 3.90. The Morgan fingerprint density at radius 2 is 1.72 bits per heavy atom. The van der Waals surface area contributed by atoms with Crippen molar-refractivity contribution in [2.75, 3.05) is 32.7 Å². The third-order valence-corrected chi connectivity index (χ3v) is 5.64. The van der Waals surface area contributed by atoms with Crippen molar-refractivity contribution in [3.05, 3.63) is 87.8 Å². The average molecular weight is 389 g/mol. The highest BCUT2D eigenvalue weighted by molar-refractivity contribution is 5.80. The summed E-state index contributed by atoms with van der Waals surface area (Å²) in [4.78, 5) is 16.9. The van der Waals surface area contributed by atoms with E-state index in [-0.39, 0.29) is 5.63 Å². The molecule has 1 saturated heterocycles. The van der Waals surface area contributed by atoms with E-state index in [1.807, 2.05) is 12.1 Å². The predicted molar refractivity (Wildman–Crippen MR) is 119 cm³/mol. The Bertz CT molecular complexity index is 1030. The van der Waals surface area contributed by atoms with Gasteiger partial charge in [0.1, 0.15) is 5.58 Å². The Kier molecular flexibility index (Phi) is 6.23. The molecule has 2 heterocycles. The third kappa shape index (κ3) is 5.03. The molecule has 0 aliphatic carbocycles. The van der Waals surface area contributed by atoms with Crippen molar-refractivity contribution in [3.63, 3.8) is 0 Å². The van der Waals surface area contributed by atoms with Crippen LogP contribution in [-0.2, 0) is 13.0 Å². The van der Waals surface area contributed by atoms with Crippen molar-refractivity contribution in [1.82, 2.24) is 9.80 Å². The Labute approximate surface area is 172 Å². The van der Waals surface area contributed by atoms with E-state index in [1.54, 1.807) is 6.07 Å². The topological polar surface area (TPSA) is 36.7 Å². The van der Waals surface area contributed by atoms with Gasteiger partial charge in [-0.25, -0.2) is 4.79 Å². The molecule has 1 aliphatic rings. The van der Waals surface area contributed by atoms with Crippen molar-refractivity contribution < 1.29 is 4.42 Å². The van der Waals surface area contributed by atoms with Gasteiger partial charge in [-0.15, -0.1) is 0 Å². The minimum Gasteiger partial charge on any atom is -0.423 e. The maximum atomic E-state index is 12.0. The van der Waals surface area contributed by atoms with Crippen LogP contribution in [0, 0.1) is 0 Å². The molecule has 0 radical (unpaired) electrons. The van der Waals surface area contributed by atoms with E-state index in [1.165, 1.54) is 11.1 Å². The molecule has 0 unspecified atom stereocenters. The highest BCUT2D eigenvalue weighted by Gasteiger charge is 2.17. The Hall–Kier alpha value is -2.69. The molecule has 1 aliphatic heterocycles. The van der Waals surface area contributed by atoms with Crippen LogP contribution in [0.1, 0.15) is 23.6 Å². The molecule has 29 heavy (non-hydrogen) atoms. The lowest BCUT2D eigenvalue weighted by molar-refractivity contribution is 0.137. The molecule has 3 aromatic rings. The minimum atomic E-state index is -0.259. The lowest BCUT2D eigenvalue weighted by Crippen LogP contribution is -2.45. The first-order chi connectivity index (χ1) is 14.2. The molecule has 0 bridgehead atoms. The standard InChI is InChI=1S/C25H28N2O2/c1-2-20-10-11-23-22(18-25(28)29-24(23)17-20)19-27-15-13-26(14-16-27)12-6-9-21-7-4-3-5-8-21/h3-11,17-18H,2,12-16,19H2,1H3. The summed E-state index contributed by atoms with van der Waals surface area (Å²) in [5.74, 6) is 0. The summed E-state index contributed by atoms with van der Waals surface area (Å²) in [6.07, 6.45) is 5.36. The van der Waals surface area contributed by atoms with Crippen molar-refractivity contribution in [2.45, 2.75) is 19.9 Å². The van der Waals surface area contributed by atoms with E-state index in [0.29, 0.717) is 5.58 Å². The van der Waals surface area contributed by atoms with Crippen LogP contribution >= 0.6 is 0 Å². The first-order valence-electron chi connectivity index (χ1n) is 10.4. The third-order valence-electron chi connectivity index (χ3n) is 5.64. The Balaban J connectivity index is 1.36. The zero-order valence-electron chi connectivity index (χ0n) is 17.0. The summed E-state index contributed by atoms with van der Waals surface area (Å²) in [6.45, 7) is 7.97. The highest BCUT2D eigenvalue weighted by Crippen LogP contribution is 2.21. The molecule has 4 nitrogen and oxygen atoms in total. The van der Waals surface area contributed by atoms with Gasteiger partial charge in [0.05, 0.1) is 0 Å². The SMILES string of the molecule is CCc1ccc2c(CN3CCN(CC=Cc4ccccc4)CC3)cc(=O)oc2c1. The first kappa shape index (κ1) is 19.6. The van der Waals surface area contributed by atoms with E-state index in [4.69, 9.17) is 4.42 Å². The van der Waals surface area contributed by atoms with Gasteiger partial charge in [-0.05, 0) is 29.2 Å². The van der Waals surface area contributed by atoms with Crippen molar-refractivity contribution in [2.24, 2.45) is 0 Å². The normalized spacial score (nSPS) is 16.0. The van der Waals surface area contributed by atoms with Gasteiger partial charge in [0.15, 0.2) is 0 Å². The summed E-state index contributed by atoms with van der Waals surface area (Å²) < 4.78 is 5.44. The number of benzene rings is 2. The second-order valence-corrected chi connectivity index (χ2v) is 7.66. The molecule has 0 amide bonds. The predicted octanol–water partition coefficient (Wildman–Crippen LogP) is 4.19. The summed E-state index contributed by atoms with van der Waals surface area (Å²) >= 11 is 0. The van der Waals surface area contributed by atoms with E-state index < -0.39 is 0 Å². The number of aryl methyl sites for hydroxylation is 1. The van der Waals surface area contributed by atoms with Crippen LogP contribution in [-0.4, -0.2) is 42.5 Å². The number of piperazine rings is 1. The monoisotopic (exact) mass is 388 g/mol. The highest BCUT2D eigenvalue weighted by atomic mass is 16.4. The molecular formula is C25H28N2O2. The fraction of sp³-hybridized carbons (Fsp3) is 0.320. The summed E-state index contributed by atoms with van der Waals surface area (Å²) in [5, 5.41) is 1.05. The largest absolute Gasteiger partial charge is 0.423 e. The maximum Gasteiger partial charge on any atom is 0.336 e. The Morgan fingerprint density at radius 1 is 0.966 bits per heavy atom.